The third kappa shape index (κ3) is 3.31. The van der Waals surface area contributed by atoms with Crippen LogP contribution >= 0.6 is 23.1 Å². The van der Waals surface area contributed by atoms with Gasteiger partial charge in [0.15, 0.2) is 4.34 Å². The lowest BCUT2D eigenvalue weighted by atomic mass is 10.1. The van der Waals surface area contributed by atoms with E-state index in [1.54, 1.807) is 6.07 Å². The number of thioether (sulfide) groups is 1. The Kier molecular flexibility index (Phi) is 4.30. The van der Waals surface area contributed by atoms with Crippen molar-refractivity contribution in [3.63, 3.8) is 0 Å². The number of carbonyl (C=O) groups excluding carboxylic acids is 1. The molecule has 1 heterocycles. The highest BCUT2D eigenvalue weighted by atomic mass is 32.2. The van der Waals surface area contributed by atoms with E-state index in [1.807, 2.05) is 6.92 Å². The molecule has 2 N–H and O–H groups in total. The predicted octanol–water partition coefficient (Wildman–Crippen LogP) is 2.15. The molecule has 0 fully saturated rings. The Bertz CT molecular complexity index is 671. The van der Waals surface area contributed by atoms with Crippen molar-refractivity contribution in [3.8, 4) is 0 Å². The average molecular weight is 310 g/mol. The molecule has 0 aliphatic rings. The van der Waals surface area contributed by atoms with Crippen LogP contribution in [0.25, 0.3) is 0 Å². The zero-order valence-corrected chi connectivity index (χ0v) is 12.0. The standard InChI is InChI=1S/C11H10N4O3S2/c1-6-13-14-11(20-6)19-5-8-3-2-7(10(12)16)4-9(8)15(17)18/h2-4H,5H2,1H3,(H2,12,16). The van der Waals surface area contributed by atoms with Gasteiger partial charge in [-0.25, -0.2) is 0 Å². The Hall–Kier alpha value is -2.00. The van der Waals surface area contributed by atoms with Gasteiger partial charge in [0.2, 0.25) is 5.91 Å². The Balaban J connectivity index is 2.22. The van der Waals surface area contributed by atoms with Crippen molar-refractivity contribution in [2.75, 3.05) is 0 Å². The summed E-state index contributed by atoms with van der Waals surface area (Å²) in [4.78, 5) is 21.6. The van der Waals surface area contributed by atoms with Gasteiger partial charge in [-0.05, 0) is 13.0 Å². The zero-order chi connectivity index (χ0) is 14.7. The minimum atomic E-state index is -0.688. The second-order valence-electron chi connectivity index (χ2n) is 3.84. The van der Waals surface area contributed by atoms with E-state index in [2.05, 4.69) is 10.2 Å². The van der Waals surface area contributed by atoms with Gasteiger partial charge >= 0.3 is 0 Å². The third-order valence-electron chi connectivity index (χ3n) is 2.43. The van der Waals surface area contributed by atoms with E-state index in [4.69, 9.17) is 5.73 Å². The number of aryl methyl sites for hydroxylation is 1. The molecule has 0 saturated carbocycles. The number of nitro benzene ring substituents is 1. The van der Waals surface area contributed by atoms with Gasteiger partial charge in [-0.15, -0.1) is 10.2 Å². The fourth-order valence-electron chi connectivity index (χ4n) is 1.49. The highest BCUT2D eigenvalue weighted by Gasteiger charge is 2.17. The van der Waals surface area contributed by atoms with Crippen molar-refractivity contribution in [2.24, 2.45) is 5.73 Å². The summed E-state index contributed by atoms with van der Waals surface area (Å²) >= 11 is 2.79. The van der Waals surface area contributed by atoms with Crippen LogP contribution in [-0.2, 0) is 5.75 Å². The molecule has 20 heavy (non-hydrogen) atoms. The van der Waals surface area contributed by atoms with Crippen LogP contribution in [0, 0.1) is 17.0 Å². The van der Waals surface area contributed by atoms with Gasteiger partial charge < -0.3 is 5.73 Å². The monoisotopic (exact) mass is 310 g/mol. The van der Waals surface area contributed by atoms with Crippen LogP contribution < -0.4 is 5.73 Å². The Morgan fingerprint density at radius 3 is 2.80 bits per heavy atom. The largest absolute Gasteiger partial charge is 0.366 e. The van der Waals surface area contributed by atoms with Crippen LogP contribution in [0.2, 0.25) is 0 Å². The topological polar surface area (TPSA) is 112 Å². The molecule has 0 unspecified atom stereocenters. The lowest BCUT2D eigenvalue weighted by molar-refractivity contribution is -0.385. The number of benzene rings is 1. The molecule has 0 saturated heterocycles. The zero-order valence-electron chi connectivity index (χ0n) is 10.4. The van der Waals surface area contributed by atoms with E-state index in [0.717, 1.165) is 9.35 Å². The molecule has 1 aromatic carbocycles. The number of hydrogen-bond acceptors (Lipinski definition) is 7. The molecule has 2 aromatic rings. The third-order valence-corrected chi connectivity index (χ3v) is 4.45. The maximum Gasteiger partial charge on any atom is 0.274 e. The number of primary amides is 1. The molecule has 2 rings (SSSR count). The lowest BCUT2D eigenvalue weighted by Crippen LogP contribution is -2.11. The summed E-state index contributed by atoms with van der Waals surface area (Å²) in [6.45, 7) is 1.84. The number of aromatic nitrogens is 2. The van der Waals surface area contributed by atoms with Gasteiger partial charge in [-0.1, -0.05) is 29.2 Å². The highest BCUT2D eigenvalue weighted by Crippen LogP contribution is 2.30. The van der Waals surface area contributed by atoms with E-state index in [1.165, 1.54) is 35.2 Å². The van der Waals surface area contributed by atoms with Gasteiger partial charge in [-0.3, -0.25) is 14.9 Å². The maximum atomic E-state index is 11.0. The van der Waals surface area contributed by atoms with Crippen LogP contribution in [0.15, 0.2) is 22.5 Å². The Morgan fingerprint density at radius 2 is 2.25 bits per heavy atom. The summed E-state index contributed by atoms with van der Waals surface area (Å²) in [7, 11) is 0. The molecule has 1 aromatic heterocycles. The quantitative estimate of drug-likeness (QED) is 0.514. The van der Waals surface area contributed by atoms with Crippen LogP contribution in [-0.4, -0.2) is 21.0 Å². The summed E-state index contributed by atoms with van der Waals surface area (Å²) in [5, 5.41) is 19.7. The van der Waals surface area contributed by atoms with E-state index in [0.29, 0.717) is 11.3 Å². The van der Waals surface area contributed by atoms with Crippen molar-refractivity contribution < 1.29 is 9.72 Å². The van der Waals surface area contributed by atoms with Gasteiger partial charge in [0.05, 0.1) is 4.92 Å². The Morgan fingerprint density at radius 1 is 1.50 bits per heavy atom. The van der Waals surface area contributed by atoms with Crippen LogP contribution in [0.4, 0.5) is 5.69 Å². The van der Waals surface area contributed by atoms with Crippen LogP contribution in [0.5, 0.6) is 0 Å². The summed E-state index contributed by atoms with van der Waals surface area (Å²) in [6.07, 6.45) is 0. The SMILES string of the molecule is Cc1nnc(SCc2ccc(C(N)=O)cc2[N+](=O)[O-])s1. The molecule has 7 nitrogen and oxygen atoms in total. The normalized spacial score (nSPS) is 10.4. The molecular formula is C11H10N4O3S2. The Labute approximate surface area is 122 Å². The second kappa shape index (κ2) is 5.97. The van der Waals surface area contributed by atoms with Crippen LogP contribution in [0.3, 0.4) is 0 Å². The first kappa shape index (κ1) is 14.4. The molecule has 104 valence electrons. The van der Waals surface area contributed by atoms with E-state index < -0.39 is 10.8 Å². The molecule has 0 aliphatic carbocycles. The fraction of sp³-hybridized carbons (Fsp3) is 0.182. The molecule has 0 bridgehead atoms. The van der Waals surface area contributed by atoms with Gasteiger partial charge in [-0.2, -0.15) is 0 Å². The summed E-state index contributed by atoms with van der Waals surface area (Å²) < 4.78 is 0.746. The highest BCUT2D eigenvalue weighted by molar-refractivity contribution is 8.00. The minimum absolute atomic E-state index is 0.116. The van der Waals surface area contributed by atoms with E-state index >= 15 is 0 Å². The van der Waals surface area contributed by atoms with Crippen molar-refractivity contribution in [1.29, 1.82) is 0 Å². The van der Waals surface area contributed by atoms with E-state index in [9.17, 15) is 14.9 Å². The summed E-state index contributed by atoms with van der Waals surface area (Å²) in [5.74, 6) is -0.309. The number of nitrogens with zero attached hydrogens (tertiary/aromatic N) is 3. The first-order chi connectivity index (χ1) is 9.47. The maximum absolute atomic E-state index is 11.0. The van der Waals surface area contributed by atoms with Crippen molar-refractivity contribution in [1.82, 2.24) is 10.2 Å². The van der Waals surface area contributed by atoms with Gasteiger partial charge in [0, 0.05) is 22.9 Å². The number of rotatable bonds is 5. The van der Waals surface area contributed by atoms with Crippen molar-refractivity contribution >= 4 is 34.7 Å². The summed E-state index contributed by atoms with van der Waals surface area (Å²) in [5.41, 5.74) is 5.64. The summed E-state index contributed by atoms with van der Waals surface area (Å²) in [6, 6.07) is 4.22. The molecule has 0 atom stereocenters. The van der Waals surface area contributed by atoms with Gasteiger partial charge in [0.25, 0.3) is 5.69 Å². The molecule has 9 heteroatoms. The number of amides is 1. The smallest absolute Gasteiger partial charge is 0.274 e. The average Bonchev–Trinajstić information content (AvgIpc) is 2.81. The minimum Gasteiger partial charge on any atom is -0.366 e. The molecule has 0 aliphatic heterocycles. The van der Waals surface area contributed by atoms with Crippen LogP contribution in [0.1, 0.15) is 20.9 Å². The number of hydrogen-bond donors (Lipinski definition) is 1. The molecule has 1 amide bonds. The first-order valence-corrected chi connectivity index (χ1v) is 7.27. The first-order valence-electron chi connectivity index (χ1n) is 5.47. The molecule has 0 spiro atoms. The molecule has 0 radical (unpaired) electrons. The van der Waals surface area contributed by atoms with E-state index in [-0.39, 0.29) is 11.3 Å². The number of nitrogens with two attached hydrogens (primary N) is 1. The van der Waals surface area contributed by atoms with Gasteiger partial charge in [0.1, 0.15) is 5.01 Å². The second-order valence-corrected chi connectivity index (χ2v) is 6.24. The fourth-order valence-corrected chi connectivity index (χ4v) is 3.30. The number of nitro groups is 1. The van der Waals surface area contributed by atoms with Crippen molar-refractivity contribution in [2.45, 2.75) is 17.0 Å². The van der Waals surface area contributed by atoms with Crippen molar-refractivity contribution in [3.05, 3.63) is 44.4 Å². The number of carbonyl (C=O) groups is 1. The lowest BCUT2D eigenvalue weighted by Gasteiger charge is -2.03. The predicted molar refractivity (Wildman–Crippen MR) is 75.8 cm³/mol. The molecular weight excluding hydrogens is 300 g/mol.